The number of rotatable bonds is 6. The van der Waals surface area contributed by atoms with Crippen molar-refractivity contribution in [2.45, 2.75) is 23.8 Å². The first-order valence-electron chi connectivity index (χ1n) is 12.5. The maximum atomic E-state index is 13.2. The molecule has 4 aromatic rings. The van der Waals surface area contributed by atoms with Gasteiger partial charge in [0.2, 0.25) is 11.8 Å². The van der Waals surface area contributed by atoms with Crippen LogP contribution in [-0.4, -0.2) is 18.1 Å². The number of carbonyl (C=O) groups excluding carboxylic acids is 2. The van der Waals surface area contributed by atoms with Crippen molar-refractivity contribution in [1.29, 1.82) is 0 Å². The molecule has 2 amide bonds. The minimum Gasteiger partial charge on any atom is -0.457 e. The number of nitrogens with one attached hydrogen (secondary N) is 2. The van der Waals surface area contributed by atoms with E-state index in [9.17, 15) is 9.59 Å². The van der Waals surface area contributed by atoms with E-state index in [0.29, 0.717) is 39.2 Å². The molecule has 206 valence electrons. The molecule has 2 N–H and O–H groups in total. The third kappa shape index (κ3) is 8.42. The zero-order chi connectivity index (χ0) is 28.5. The molecule has 4 aromatic carbocycles. The highest BCUT2D eigenvalue weighted by Crippen LogP contribution is 2.39. The van der Waals surface area contributed by atoms with E-state index in [1.54, 1.807) is 54.2 Å². The largest absolute Gasteiger partial charge is 0.457 e. The van der Waals surface area contributed by atoms with Crippen LogP contribution in [0.1, 0.15) is 24.4 Å². The van der Waals surface area contributed by atoms with Gasteiger partial charge in [0.25, 0.3) is 0 Å². The molecule has 1 heterocycles. The molecule has 1 fully saturated rings. The fourth-order valence-electron chi connectivity index (χ4n) is 4.22. The summed E-state index contributed by atoms with van der Waals surface area (Å²) in [6, 6.07) is 28.7. The van der Waals surface area contributed by atoms with Crippen LogP contribution < -0.4 is 15.4 Å². The molecule has 1 unspecified atom stereocenters. The molecule has 2 atom stereocenters. The van der Waals surface area contributed by atoms with Gasteiger partial charge < -0.3 is 15.4 Å². The number of ether oxygens (including phenoxy) is 1. The summed E-state index contributed by atoms with van der Waals surface area (Å²) < 4.78 is 6.15. The van der Waals surface area contributed by atoms with E-state index in [-0.39, 0.29) is 18.2 Å². The molecule has 0 bridgehead atoms. The Hall–Kier alpha value is -3.16. The van der Waals surface area contributed by atoms with Crippen LogP contribution in [0.25, 0.3) is 0 Å². The number of halogens is 3. The lowest BCUT2D eigenvalue weighted by Crippen LogP contribution is -2.43. The van der Waals surface area contributed by atoms with Gasteiger partial charge >= 0.3 is 0 Å². The molecule has 5 rings (SSSR count). The summed E-state index contributed by atoms with van der Waals surface area (Å²) in [5.74, 6) is 0.337. The van der Waals surface area contributed by atoms with Crippen LogP contribution in [0.3, 0.4) is 0 Å². The summed E-state index contributed by atoms with van der Waals surface area (Å²) in [6.45, 7) is 0. The van der Waals surface area contributed by atoms with Crippen LogP contribution in [0.15, 0.2) is 102 Å². The fourth-order valence-corrected chi connectivity index (χ4v) is 5.14. The SMILES string of the molecule is CSc1ccc(Oc2ccc(Cl)cc2[C@H]2NC(=O)CCC2C(=O)Nc2cccc(Cl)c2)cc1.Clc1ccccc1. The van der Waals surface area contributed by atoms with Crippen LogP contribution in [0.2, 0.25) is 15.1 Å². The number of thioether (sulfide) groups is 1. The fraction of sp³-hybridized carbons (Fsp3) is 0.161. The van der Waals surface area contributed by atoms with Crippen molar-refractivity contribution in [3.05, 3.63) is 118 Å². The number of anilines is 1. The second kappa shape index (κ2) is 14.5. The number of hydrogen-bond acceptors (Lipinski definition) is 4. The lowest BCUT2D eigenvalue weighted by Gasteiger charge is -2.32. The normalized spacial score (nSPS) is 16.2. The predicted octanol–water partition coefficient (Wildman–Crippen LogP) is 9.05. The first-order chi connectivity index (χ1) is 19.3. The highest BCUT2D eigenvalue weighted by Gasteiger charge is 2.36. The van der Waals surface area contributed by atoms with Crippen molar-refractivity contribution >= 4 is 64.1 Å². The van der Waals surface area contributed by atoms with Crippen molar-refractivity contribution in [2.24, 2.45) is 5.92 Å². The monoisotopic (exact) mass is 612 g/mol. The van der Waals surface area contributed by atoms with Gasteiger partial charge in [0.1, 0.15) is 11.5 Å². The lowest BCUT2D eigenvalue weighted by molar-refractivity contribution is -0.128. The van der Waals surface area contributed by atoms with Crippen LogP contribution in [0.5, 0.6) is 11.5 Å². The molecule has 0 aromatic heterocycles. The Labute approximate surface area is 253 Å². The van der Waals surface area contributed by atoms with Gasteiger partial charge in [-0.05, 0) is 85.5 Å². The summed E-state index contributed by atoms with van der Waals surface area (Å²) in [7, 11) is 0. The van der Waals surface area contributed by atoms with Crippen LogP contribution in [0, 0.1) is 5.92 Å². The quantitative estimate of drug-likeness (QED) is 0.213. The number of piperidine rings is 1. The van der Waals surface area contributed by atoms with Crippen molar-refractivity contribution < 1.29 is 14.3 Å². The maximum Gasteiger partial charge on any atom is 0.229 e. The van der Waals surface area contributed by atoms with Crippen LogP contribution in [-0.2, 0) is 9.59 Å². The standard InChI is InChI=1S/C25H22Cl2N2O3S.C6H5Cl/c1-33-19-8-6-18(7-9-19)32-22-11-5-16(27)14-21(22)24-20(10-12-23(30)29-24)25(31)28-17-4-2-3-15(26)13-17;7-6-4-2-1-3-5-6/h2-9,11,13-14,20,24H,10,12H2,1H3,(H,28,31)(H,29,30);1-5H/t20?,24-;/m0./s1. The Kier molecular flexibility index (Phi) is 10.8. The highest BCUT2D eigenvalue weighted by molar-refractivity contribution is 7.98. The van der Waals surface area contributed by atoms with Gasteiger partial charge in [0, 0.05) is 37.6 Å². The van der Waals surface area contributed by atoms with E-state index < -0.39 is 12.0 Å². The Bertz CT molecular complexity index is 1450. The minimum atomic E-state index is -0.593. The predicted molar refractivity (Wildman–Crippen MR) is 165 cm³/mol. The van der Waals surface area contributed by atoms with Crippen molar-refractivity contribution in [3.63, 3.8) is 0 Å². The second-order valence-electron chi connectivity index (χ2n) is 8.95. The maximum absolute atomic E-state index is 13.2. The molecule has 0 radical (unpaired) electrons. The van der Waals surface area contributed by atoms with Gasteiger partial charge in [-0.1, -0.05) is 59.1 Å². The molecule has 5 nitrogen and oxygen atoms in total. The lowest BCUT2D eigenvalue weighted by atomic mass is 9.84. The molecule has 0 spiro atoms. The van der Waals surface area contributed by atoms with Crippen LogP contribution in [0.4, 0.5) is 5.69 Å². The summed E-state index contributed by atoms with van der Waals surface area (Å²) in [6.07, 6.45) is 2.67. The Morgan fingerprint density at radius 2 is 1.57 bits per heavy atom. The molecule has 9 heteroatoms. The van der Waals surface area contributed by atoms with Gasteiger partial charge in [0.15, 0.2) is 0 Å². The van der Waals surface area contributed by atoms with Crippen molar-refractivity contribution in [1.82, 2.24) is 5.32 Å². The highest BCUT2D eigenvalue weighted by atomic mass is 35.5. The first kappa shape index (κ1) is 29.8. The molecule has 0 aliphatic carbocycles. The Balaban J connectivity index is 0.000000461. The summed E-state index contributed by atoms with van der Waals surface area (Å²) >= 11 is 19.5. The molecule has 1 saturated heterocycles. The average molecular weight is 614 g/mol. The van der Waals surface area contributed by atoms with E-state index in [2.05, 4.69) is 10.6 Å². The zero-order valence-electron chi connectivity index (χ0n) is 21.6. The zero-order valence-corrected chi connectivity index (χ0v) is 24.7. The molecule has 1 aliphatic heterocycles. The Morgan fingerprint density at radius 1 is 0.875 bits per heavy atom. The van der Waals surface area contributed by atoms with Gasteiger partial charge in [-0.2, -0.15) is 0 Å². The number of carbonyl (C=O) groups is 2. The van der Waals surface area contributed by atoms with Crippen molar-refractivity contribution in [3.8, 4) is 11.5 Å². The Morgan fingerprint density at radius 3 is 2.23 bits per heavy atom. The van der Waals surface area contributed by atoms with E-state index in [0.717, 1.165) is 9.92 Å². The number of benzene rings is 4. The van der Waals surface area contributed by atoms with Gasteiger partial charge in [-0.25, -0.2) is 0 Å². The van der Waals surface area contributed by atoms with E-state index in [4.69, 9.17) is 39.5 Å². The molecule has 0 saturated carbocycles. The third-order valence-electron chi connectivity index (χ3n) is 6.16. The van der Waals surface area contributed by atoms with Crippen molar-refractivity contribution in [2.75, 3.05) is 11.6 Å². The summed E-state index contributed by atoms with van der Waals surface area (Å²) in [5, 5.41) is 7.69. The molecular weight excluding hydrogens is 587 g/mol. The minimum absolute atomic E-state index is 0.123. The third-order valence-corrected chi connectivity index (χ3v) is 7.62. The summed E-state index contributed by atoms with van der Waals surface area (Å²) in [4.78, 5) is 26.6. The summed E-state index contributed by atoms with van der Waals surface area (Å²) in [5.41, 5.74) is 1.25. The topological polar surface area (TPSA) is 67.4 Å². The van der Waals surface area contributed by atoms with Gasteiger partial charge in [0.05, 0.1) is 12.0 Å². The molecule has 40 heavy (non-hydrogen) atoms. The first-order valence-corrected chi connectivity index (χ1v) is 14.9. The van der Waals surface area contributed by atoms with E-state index in [1.807, 2.05) is 60.9 Å². The van der Waals surface area contributed by atoms with E-state index in [1.165, 1.54) is 0 Å². The smallest absolute Gasteiger partial charge is 0.229 e. The van der Waals surface area contributed by atoms with Gasteiger partial charge in [-0.3, -0.25) is 9.59 Å². The number of amides is 2. The van der Waals surface area contributed by atoms with Gasteiger partial charge in [-0.15, -0.1) is 11.8 Å². The van der Waals surface area contributed by atoms with Crippen LogP contribution >= 0.6 is 46.6 Å². The molecular formula is C31H27Cl3N2O3S. The number of hydrogen-bond donors (Lipinski definition) is 2. The second-order valence-corrected chi connectivity index (χ2v) is 11.1. The molecule has 1 aliphatic rings. The average Bonchev–Trinajstić information content (AvgIpc) is 2.95. The van der Waals surface area contributed by atoms with E-state index >= 15 is 0 Å².